The van der Waals surface area contributed by atoms with Gasteiger partial charge in [0.2, 0.25) is 0 Å². The molecule has 0 aromatic heterocycles. The monoisotopic (exact) mass is 390 g/mol. The van der Waals surface area contributed by atoms with Crippen LogP contribution in [0.4, 0.5) is 0 Å². The molecule has 0 radical (unpaired) electrons. The normalized spacial score (nSPS) is 44.2. The molecule has 154 valence electrons. The largest absolute Gasteiger partial charge is 0.459 e. The molecule has 2 fully saturated rings. The van der Waals surface area contributed by atoms with E-state index in [1.165, 1.54) is 6.92 Å². The van der Waals surface area contributed by atoms with Gasteiger partial charge in [-0.25, -0.2) is 4.79 Å². The Labute approximate surface area is 166 Å². The molecule has 0 bridgehead atoms. The van der Waals surface area contributed by atoms with Crippen molar-refractivity contribution >= 4 is 11.9 Å². The van der Waals surface area contributed by atoms with Gasteiger partial charge in [-0.05, 0) is 52.5 Å². The fourth-order valence-corrected chi connectivity index (χ4v) is 4.14. The third kappa shape index (κ3) is 4.39. The van der Waals surface area contributed by atoms with Crippen LogP contribution >= 0.6 is 0 Å². The van der Waals surface area contributed by atoms with E-state index in [1.54, 1.807) is 13.0 Å². The second-order valence-corrected chi connectivity index (χ2v) is 8.64. The molecule has 6 nitrogen and oxygen atoms in total. The molecule has 1 aliphatic carbocycles. The first-order valence-corrected chi connectivity index (χ1v) is 9.84. The van der Waals surface area contributed by atoms with Crippen LogP contribution in [0, 0.1) is 5.92 Å². The van der Waals surface area contributed by atoms with Gasteiger partial charge in [0, 0.05) is 18.4 Å². The van der Waals surface area contributed by atoms with Gasteiger partial charge in [-0.3, -0.25) is 4.79 Å². The van der Waals surface area contributed by atoms with Gasteiger partial charge in [-0.15, -0.1) is 0 Å². The first-order chi connectivity index (χ1) is 13.0. The van der Waals surface area contributed by atoms with Crippen LogP contribution in [0.2, 0.25) is 0 Å². The van der Waals surface area contributed by atoms with E-state index in [-0.39, 0.29) is 12.0 Å². The van der Waals surface area contributed by atoms with Crippen molar-refractivity contribution in [3.05, 3.63) is 36.0 Å². The van der Waals surface area contributed by atoms with Crippen LogP contribution in [0.15, 0.2) is 36.0 Å². The molecule has 6 atom stereocenters. The summed E-state index contributed by atoms with van der Waals surface area (Å²) in [6.07, 6.45) is 6.80. The second-order valence-electron chi connectivity index (χ2n) is 8.64. The predicted molar refractivity (Wildman–Crippen MR) is 103 cm³/mol. The number of rotatable bonds is 1. The van der Waals surface area contributed by atoms with Crippen molar-refractivity contribution in [2.24, 2.45) is 5.92 Å². The number of hydrogen-bond acceptors (Lipinski definition) is 6. The minimum absolute atomic E-state index is 0.123. The maximum absolute atomic E-state index is 12.1. The zero-order valence-electron chi connectivity index (χ0n) is 17.1. The van der Waals surface area contributed by atoms with Gasteiger partial charge in [-0.2, -0.15) is 0 Å². The average molecular weight is 390 g/mol. The van der Waals surface area contributed by atoms with Crippen LogP contribution in [0.3, 0.4) is 0 Å². The highest BCUT2D eigenvalue weighted by molar-refractivity contribution is 5.91. The quantitative estimate of drug-likeness (QED) is 0.321. The number of hydrogen-bond donors (Lipinski definition) is 1. The van der Waals surface area contributed by atoms with Crippen molar-refractivity contribution in [2.75, 3.05) is 0 Å². The molecule has 0 amide bonds. The molecule has 28 heavy (non-hydrogen) atoms. The van der Waals surface area contributed by atoms with E-state index in [2.05, 4.69) is 6.58 Å². The number of epoxide rings is 1. The summed E-state index contributed by atoms with van der Waals surface area (Å²) in [7, 11) is 0. The zero-order chi connectivity index (χ0) is 20.7. The van der Waals surface area contributed by atoms with Crippen molar-refractivity contribution < 1.29 is 28.9 Å². The fourth-order valence-electron chi connectivity index (χ4n) is 4.14. The Bertz CT molecular complexity index is 733. The first-order valence-electron chi connectivity index (χ1n) is 9.84. The third-order valence-corrected chi connectivity index (χ3v) is 6.02. The van der Waals surface area contributed by atoms with E-state index >= 15 is 0 Å². The van der Waals surface area contributed by atoms with Crippen LogP contribution in [0.5, 0.6) is 0 Å². The smallest absolute Gasteiger partial charge is 0.334 e. The maximum atomic E-state index is 12.1. The van der Waals surface area contributed by atoms with E-state index < -0.39 is 35.3 Å². The maximum Gasteiger partial charge on any atom is 0.334 e. The average Bonchev–Trinajstić information content (AvgIpc) is 3.18. The predicted octanol–water partition coefficient (Wildman–Crippen LogP) is 3.00. The minimum atomic E-state index is -0.940. The SMILES string of the molecule is C=C1C(=O)O[C@H]2/C=C(\C)C/C=C/[C@@](C)(O)CC[C@H]3O[C@]3(C)[C@@H](OC(C)=O)C[C@@H]12. The molecule has 0 saturated carbocycles. The van der Waals surface area contributed by atoms with Crippen molar-refractivity contribution in [1.29, 1.82) is 0 Å². The Balaban J connectivity index is 1.93. The molecule has 2 aliphatic heterocycles. The number of esters is 2. The van der Waals surface area contributed by atoms with Crippen LogP contribution in [-0.2, 0) is 23.8 Å². The van der Waals surface area contributed by atoms with E-state index in [1.807, 2.05) is 26.0 Å². The molecule has 0 unspecified atom stereocenters. The van der Waals surface area contributed by atoms with E-state index in [0.29, 0.717) is 31.3 Å². The minimum Gasteiger partial charge on any atom is -0.459 e. The van der Waals surface area contributed by atoms with Crippen LogP contribution < -0.4 is 0 Å². The van der Waals surface area contributed by atoms with E-state index in [9.17, 15) is 14.7 Å². The highest BCUT2D eigenvalue weighted by Crippen LogP contribution is 2.47. The number of carbonyl (C=O) groups is 2. The van der Waals surface area contributed by atoms with Gasteiger partial charge in [0.25, 0.3) is 0 Å². The van der Waals surface area contributed by atoms with E-state index in [0.717, 1.165) is 5.57 Å². The Morgan fingerprint density at radius 1 is 1.39 bits per heavy atom. The molecule has 3 rings (SSSR count). The molecule has 6 heteroatoms. The lowest BCUT2D eigenvalue weighted by Gasteiger charge is -2.26. The Morgan fingerprint density at radius 2 is 2.11 bits per heavy atom. The van der Waals surface area contributed by atoms with Gasteiger partial charge in [-0.1, -0.05) is 24.3 Å². The van der Waals surface area contributed by atoms with E-state index in [4.69, 9.17) is 14.2 Å². The molecular formula is C22H30O6. The Hall–Kier alpha value is -1.92. The number of ether oxygens (including phenoxy) is 3. The van der Waals surface area contributed by atoms with Crippen molar-refractivity contribution in [3.8, 4) is 0 Å². The van der Waals surface area contributed by atoms with Gasteiger partial charge >= 0.3 is 11.9 Å². The summed E-state index contributed by atoms with van der Waals surface area (Å²) in [4.78, 5) is 23.9. The molecule has 1 N–H and O–H groups in total. The molecule has 0 aromatic carbocycles. The lowest BCUT2D eigenvalue weighted by atomic mass is 9.83. The van der Waals surface area contributed by atoms with Gasteiger partial charge in [0.1, 0.15) is 17.8 Å². The highest BCUT2D eigenvalue weighted by Gasteiger charge is 2.60. The molecule has 0 aromatic rings. The zero-order valence-corrected chi connectivity index (χ0v) is 17.1. The summed E-state index contributed by atoms with van der Waals surface area (Å²) >= 11 is 0. The van der Waals surface area contributed by atoms with Gasteiger partial charge < -0.3 is 19.3 Å². The summed E-state index contributed by atoms with van der Waals surface area (Å²) in [6, 6.07) is 0. The summed E-state index contributed by atoms with van der Waals surface area (Å²) in [5, 5.41) is 10.6. The number of fused-ring (bicyclic) bond motifs is 2. The molecule has 2 saturated heterocycles. The summed E-state index contributed by atoms with van der Waals surface area (Å²) in [5.74, 6) is -1.08. The van der Waals surface area contributed by atoms with Gasteiger partial charge in [0.15, 0.2) is 0 Å². The molecule has 2 heterocycles. The highest BCUT2D eigenvalue weighted by atomic mass is 16.6. The lowest BCUT2D eigenvalue weighted by Crippen LogP contribution is -2.37. The van der Waals surface area contributed by atoms with Crippen LogP contribution in [-0.4, -0.2) is 46.6 Å². The number of allylic oxidation sites excluding steroid dienone is 2. The molecule has 3 aliphatic rings. The third-order valence-electron chi connectivity index (χ3n) is 6.02. The summed E-state index contributed by atoms with van der Waals surface area (Å²) in [6.45, 7) is 10.9. The first kappa shape index (κ1) is 20.8. The van der Waals surface area contributed by atoms with Crippen LogP contribution in [0.25, 0.3) is 0 Å². The summed E-state index contributed by atoms with van der Waals surface area (Å²) in [5.41, 5.74) is -0.162. The molecule has 0 spiro atoms. The lowest BCUT2D eigenvalue weighted by molar-refractivity contribution is -0.151. The van der Waals surface area contributed by atoms with Gasteiger partial charge in [0.05, 0.1) is 11.7 Å². The summed E-state index contributed by atoms with van der Waals surface area (Å²) < 4.78 is 17.1. The van der Waals surface area contributed by atoms with Crippen LogP contribution in [0.1, 0.15) is 53.4 Å². The Morgan fingerprint density at radius 3 is 2.79 bits per heavy atom. The second kappa shape index (κ2) is 7.48. The number of aliphatic hydroxyl groups is 1. The number of carbonyl (C=O) groups excluding carboxylic acids is 2. The van der Waals surface area contributed by atoms with Crippen molar-refractivity contribution in [1.82, 2.24) is 0 Å². The standard InChI is InChI=1S/C22H30O6/c1-13-7-6-9-21(4,25)10-8-18-22(5,28-18)19(26-15(3)23)12-16-14(2)20(24)27-17(16)11-13/h6,9,11,16-19,25H,2,7-8,10,12H2,1,3-5H3/b9-6+,13-11+/t16-,17-,18+,19-,21+,22-/m0/s1. The fraction of sp³-hybridized carbons (Fsp3) is 0.636. The van der Waals surface area contributed by atoms with Crippen molar-refractivity contribution in [3.63, 3.8) is 0 Å². The molecular weight excluding hydrogens is 360 g/mol. The van der Waals surface area contributed by atoms with Crippen molar-refractivity contribution in [2.45, 2.75) is 82.9 Å². The Kier molecular flexibility index (Phi) is 5.56. The topological polar surface area (TPSA) is 85.4 Å².